The van der Waals surface area contributed by atoms with Gasteiger partial charge < -0.3 is 18.9 Å². The number of alkyl halides is 2. The highest BCUT2D eigenvalue weighted by Crippen LogP contribution is 2.31. The SMILES string of the molecule is COc1cc(CN(C)C(=O)c2cccnc2SCc2c(C)noc2C)ccc1OC(F)F. The molecular formula is C22H23F2N3O4S. The molecule has 2 aromatic heterocycles. The van der Waals surface area contributed by atoms with E-state index in [1.807, 2.05) is 13.8 Å². The van der Waals surface area contributed by atoms with Crippen LogP contribution in [0.4, 0.5) is 8.78 Å². The van der Waals surface area contributed by atoms with Crippen molar-refractivity contribution in [2.24, 2.45) is 0 Å². The highest BCUT2D eigenvalue weighted by Gasteiger charge is 2.19. The highest BCUT2D eigenvalue weighted by atomic mass is 32.2. The van der Waals surface area contributed by atoms with Crippen molar-refractivity contribution in [3.63, 3.8) is 0 Å². The molecule has 0 aliphatic heterocycles. The van der Waals surface area contributed by atoms with Crippen molar-refractivity contribution in [3.05, 3.63) is 64.7 Å². The molecule has 0 saturated heterocycles. The Labute approximate surface area is 188 Å². The molecule has 0 fully saturated rings. The number of hydrogen-bond donors (Lipinski definition) is 0. The Kier molecular flexibility index (Phi) is 7.68. The molecule has 0 unspecified atom stereocenters. The number of carbonyl (C=O) groups is 1. The molecule has 3 aromatic rings. The fourth-order valence-electron chi connectivity index (χ4n) is 3.07. The van der Waals surface area contributed by atoms with Crippen LogP contribution in [-0.2, 0) is 12.3 Å². The predicted molar refractivity (Wildman–Crippen MR) is 115 cm³/mol. The molecular weight excluding hydrogens is 440 g/mol. The maximum Gasteiger partial charge on any atom is 0.387 e. The number of carbonyl (C=O) groups excluding carboxylic acids is 1. The van der Waals surface area contributed by atoms with Gasteiger partial charge in [-0.05, 0) is 43.7 Å². The normalized spacial score (nSPS) is 11.0. The lowest BCUT2D eigenvalue weighted by Gasteiger charge is -2.19. The van der Waals surface area contributed by atoms with Crippen molar-refractivity contribution < 1.29 is 27.6 Å². The van der Waals surface area contributed by atoms with Gasteiger partial charge in [0.2, 0.25) is 0 Å². The first-order valence-corrected chi connectivity index (χ1v) is 10.7. The largest absolute Gasteiger partial charge is 0.493 e. The van der Waals surface area contributed by atoms with E-state index >= 15 is 0 Å². The Balaban J connectivity index is 1.73. The third-order valence-electron chi connectivity index (χ3n) is 4.75. The number of benzene rings is 1. The topological polar surface area (TPSA) is 77.7 Å². The zero-order valence-electron chi connectivity index (χ0n) is 18.1. The second kappa shape index (κ2) is 10.4. The first-order chi connectivity index (χ1) is 15.3. The minimum absolute atomic E-state index is 0.0644. The lowest BCUT2D eigenvalue weighted by atomic mass is 10.1. The van der Waals surface area contributed by atoms with Crippen LogP contribution in [0.5, 0.6) is 11.5 Å². The number of pyridine rings is 1. The third kappa shape index (κ3) is 5.56. The van der Waals surface area contributed by atoms with Gasteiger partial charge in [-0.1, -0.05) is 11.2 Å². The summed E-state index contributed by atoms with van der Waals surface area (Å²) in [5.74, 6) is 1.20. The summed E-state index contributed by atoms with van der Waals surface area (Å²) >= 11 is 1.43. The van der Waals surface area contributed by atoms with Crippen LogP contribution in [0.15, 0.2) is 46.1 Å². The Morgan fingerprint density at radius 1 is 1.25 bits per heavy atom. The Morgan fingerprint density at radius 3 is 2.69 bits per heavy atom. The van der Waals surface area contributed by atoms with Crippen molar-refractivity contribution in [1.82, 2.24) is 15.0 Å². The number of methoxy groups -OCH3 is 1. The molecule has 3 rings (SSSR count). The molecule has 0 N–H and O–H groups in total. The van der Waals surface area contributed by atoms with E-state index in [0.29, 0.717) is 21.9 Å². The Bertz CT molecular complexity index is 1070. The van der Waals surface area contributed by atoms with Crippen LogP contribution in [0, 0.1) is 13.8 Å². The predicted octanol–water partition coefficient (Wildman–Crippen LogP) is 4.86. The first-order valence-electron chi connectivity index (χ1n) is 9.67. The fraction of sp³-hybridized carbons (Fsp3) is 0.318. The highest BCUT2D eigenvalue weighted by molar-refractivity contribution is 7.98. The lowest BCUT2D eigenvalue weighted by molar-refractivity contribution is -0.0512. The van der Waals surface area contributed by atoms with E-state index in [0.717, 1.165) is 17.0 Å². The molecule has 1 aromatic carbocycles. The molecule has 1 amide bonds. The van der Waals surface area contributed by atoms with Crippen molar-refractivity contribution in [1.29, 1.82) is 0 Å². The molecule has 0 aliphatic carbocycles. The molecule has 170 valence electrons. The maximum atomic E-state index is 13.1. The maximum absolute atomic E-state index is 13.1. The number of rotatable bonds is 9. The van der Waals surface area contributed by atoms with Crippen molar-refractivity contribution in [2.75, 3.05) is 14.2 Å². The van der Waals surface area contributed by atoms with Crippen molar-refractivity contribution >= 4 is 17.7 Å². The van der Waals surface area contributed by atoms with E-state index in [4.69, 9.17) is 9.26 Å². The summed E-state index contributed by atoms with van der Waals surface area (Å²) in [7, 11) is 3.03. The van der Waals surface area contributed by atoms with Crippen LogP contribution in [0.2, 0.25) is 0 Å². The summed E-state index contributed by atoms with van der Waals surface area (Å²) in [5, 5.41) is 4.55. The van der Waals surface area contributed by atoms with Crippen molar-refractivity contribution in [3.8, 4) is 11.5 Å². The summed E-state index contributed by atoms with van der Waals surface area (Å²) in [6.07, 6.45) is 1.64. The van der Waals surface area contributed by atoms with Crippen LogP contribution in [-0.4, -0.2) is 41.7 Å². The number of thioether (sulfide) groups is 1. The number of aromatic nitrogens is 2. The average molecular weight is 464 g/mol. The van der Waals surface area contributed by atoms with E-state index in [1.54, 1.807) is 37.5 Å². The number of nitrogens with zero attached hydrogens (tertiary/aromatic N) is 3. The van der Waals surface area contributed by atoms with Gasteiger partial charge in [0.15, 0.2) is 11.5 Å². The van der Waals surface area contributed by atoms with Gasteiger partial charge >= 0.3 is 6.61 Å². The zero-order chi connectivity index (χ0) is 23.3. The molecule has 2 heterocycles. The molecule has 0 saturated carbocycles. The molecule has 0 radical (unpaired) electrons. The molecule has 0 aliphatic rings. The standard InChI is InChI=1S/C22H23F2N3O4S/c1-13-17(14(2)31-26-13)12-32-20-16(6-5-9-25-20)21(28)27(3)11-15-7-8-18(30-22(23)24)19(10-15)29-4/h5-10,22H,11-12H2,1-4H3. The summed E-state index contributed by atoms with van der Waals surface area (Å²) < 4.78 is 39.8. The van der Waals surface area contributed by atoms with Crippen molar-refractivity contribution in [2.45, 2.75) is 37.8 Å². The number of ether oxygens (including phenoxy) is 2. The van der Waals surface area contributed by atoms with Gasteiger partial charge in [-0.25, -0.2) is 4.98 Å². The Morgan fingerprint density at radius 2 is 2.03 bits per heavy atom. The number of amides is 1. The smallest absolute Gasteiger partial charge is 0.387 e. The van der Waals surface area contributed by atoms with E-state index in [-0.39, 0.29) is 24.0 Å². The second-order valence-electron chi connectivity index (χ2n) is 6.97. The van der Waals surface area contributed by atoms with Gasteiger partial charge in [0.1, 0.15) is 10.8 Å². The van der Waals surface area contributed by atoms with E-state index in [9.17, 15) is 13.6 Å². The van der Waals surface area contributed by atoms with E-state index in [1.165, 1.54) is 29.8 Å². The summed E-state index contributed by atoms with van der Waals surface area (Å²) in [6.45, 7) is 1.01. The fourth-order valence-corrected chi connectivity index (χ4v) is 4.21. The van der Waals surface area contributed by atoms with Gasteiger partial charge in [0, 0.05) is 31.1 Å². The summed E-state index contributed by atoms with van der Waals surface area (Å²) in [6, 6.07) is 8.01. The first kappa shape index (κ1) is 23.5. The van der Waals surface area contributed by atoms with Crippen LogP contribution >= 0.6 is 11.8 Å². The molecule has 10 heteroatoms. The summed E-state index contributed by atoms with van der Waals surface area (Å²) in [5.41, 5.74) is 2.96. The molecule has 7 nitrogen and oxygen atoms in total. The molecule has 32 heavy (non-hydrogen) atoms. The summed E-state index contributed by atoms with van der Waals surface area (Å²) in [4.78, 5) is 19.0. The van der Waals surface area contributed by atoms with Crippen LogP contribution in [0.3, 0.4) is 0 Å². The van der Waals surface area contributed by atoms with Gasteiger partial charge in [-0.15, -0.1) is 11.8 Å². The number of hydrogen-bond acceptors (Lipinski definition) is 7. The second-order valence-corrected chi connectivity index (χ2v) is 7.94. The average Bonchev–Trinajstić information content (AvgIpc) is 3.09. The monoisotopic (exact) mass is 463 g/mol. The minimum Gasteiger partial charge on any atom is -0.493 e. The van der Waals surface area contributed by atoms with Crippen LogP contribution in [0.1, 0.15) is 32.9 Å². The molecule has 0 bridgehead atoms. The Hall–Kier alpha value is -3.14. The lowest BCUT2D eigenvalue weighted by Crippen LogP contribution is -2.27. The van der Waals surface area contributed by atoms with Gasteiger partial charge in [-0.2, -0.15) is 8.78 Å². The minimum atomic E-state index is -2.95. The quantitative estimate of drug-likeness (QED) is 0.419. The molecule has 0 atom stereocenters. The number of aryl methyl sites for hydroxylation is 2. The zero-order valence-corrected chi connectivity index (χ0v) is 18.9. The van der Waals surface area contributed by atoms with E-state index < -0.39 is 6.61 Å². The third-order valence-corrected chi connectivity index (χ3v) is 5.78. The van der Waals surface area contributed by atoms with Crippen LogP contribution in [0.25, 0.3) is 0 Å². The molecule has 0 spiro atoms. The van der Waals surface area contributed by atoms with Gasteiger partial charge in [-0.3, -0.25) is 4.79 Å². The van der Waals surface area contributed by atoms with Crippen LogP contribution < -0.4 is 9.47 Å². The van der Waals surface area contributed by atoms with Gasteiger partial charge in [0.05, 0.1) is 18.4 Å². The number of halogens is 2. The van der Waals surface area contributed by atoms with Gasteiger partial charge in [0.25, 0.3) is 5.91 Å². The van der Waals surface area contributed by atoms with E-state index in [2.05, 4.69) is 14.9 Å².